The minimum absolute atomic E-state index is 0.169. The number of nitrogens with one attached hydrogen (secondary N) is 1. The van der Waals surface area contributed by atoms with Gasteiger partial charge in [0.15, 0.2) is 0 Å². The maximum atomic E-state index is 13.3. The molecule has 0 aliphatic heterocycles. The Morgan fingerprint density at radius 3 is 2.57 bits per heavy atom. The molecule has 1 fully saturated rings. The molecule has 0 radical (unpaired) electrons. The highest BCUT2D eigenvalue weighted by molar-refractivity contribution is 5.70. The number of nitro groups is 1. The first-order valence-corrected chi connectivity index (χ1v) is 6.85. The lowest BCUT2D eigenvalue weighted by Crippen LogP contribution is -2.34. The third-order valence-corrected chi connectivity index (χ3v) is 3.82. The summed E-state index contributed by atoms with van der Waals surface area (Å²) in [7, 11) is 0. The minimum Gasteiger partial charge on any atom is -0.481 e. The predicted octanol–water partition coefficient (Wildman–Crippen LogP) is 2.47. The van der Waals surface area contributed by atoms with Gasteiger partial charge >= 0.3 is 5.97 Å². The molecule has 2 N–H and O–H groups in total. The molecule has 1 aliphatic carbocycles. The topological polar surface area (TPSA) is 92.5 Å². The zero-order chi connectivity index (χ0) is 15.4. The van der Waals surface area contributed by atoms with E-state index in [4.69, 9.17) is 5.11 Å². The minimum atomic E-state index is -0.755. The molecule has 1 aromatic carbocycles. The van der Waals surface area contributed by atoms with Crippen LogP contribution in [-0.2, 0) is 11.3 Å². The predicted molar refractivity (Wildman–Crippen MR) is 73.3 cm³/mol. The lowest BCUT2D eigenvalue weighted by molar-refractivity contribution is -0.385. The van der Waals surface area contributed by atoms with Crippen molar-refractivity contribution in [3.63, 3.8) is 0 Å². The van der Waals surface area contributed by atoms with Crippen molar-refractivity contribution in [3.05, 3.63) is 39.7 Å². The average Bonchev–Trinajstić information content (AvgIpc) is 2.45. The number of hydrogen-bond acceptors (Lipinski definition) is 4. The Bertz CT molecular complexity index is 542. The second-order valence-electron chi connectivity index (χ2n) is 5.34. The van der Waals surface area contributed by atoms with Gasteiger partial charge < -0.3 is 10.4 Å². The quantitative estimate of drug-likeness (QED) is 0.643. The van der Waals surface area contributed by atoms with E-state index in [1.807, 2.05) is 0 Å². The molecule has 114 valence electrons. The average molecular weight is 296 g/mol. The molecule has 1 aromatic rings. The van der Waals surface area contributed by atoms with Crippen LogP contribution in [0.25, 0.3) is 0 Å². The van der Waals surface area contributed by atoms with E-state index in [9.17, 15) is 19.3 Å². The number of halogens is 1. The number of carbonyl (C=O) groups is 1. The van der Waals surface area contributed by atoms with Gasteiger partial charge in [0.2, 0.25) is 0 Å². The van der Waals surface area contributed by atoms with Crippen molar-refractivity contribution < 1.29 is 19.2 Å². The maximum absolute atomic E-state index is 13.3. The number of benzene rings is 1. The van der Waals surface area contributed by atoms with Crippen LogP contribution < -0.4 is 5.32 Å². The largest absolute Gasteiger partial charge is 0.481 e. The van der Waals surface area contributed by atoms with E-state index < -0.39 is 16.7 Å². The summed E-state index contributed by atoms with van der Waals surface area (Å²) in [6.45, 7) is 0.334. The fourth-order valence-electron chi connectivity index (χ4n) is 2.65. The first-order valence-electron chi connectivity index (χ1n) is 6.85. The molecule has 0 aromatic heterocycles. The Morgan fingerprint density at radius 2 is 2.00 bits per heavy atom. The molecule has 6 nitrogen and oxygen atoms in total. The summed E-state index contributed by atoms with van der Waals surface area (Å²) in [5.41, 5.74) is 0.253. The van der Waals surface area contributed by atoms with E-state index in [1.54, 1.807) is 0 Å². The molecule has 0 heterocycles. The number of aliphatic carboxylic acids is 1. The highest BCUT2D eigenvalue weighted by Crippen LogP contribution is 2.25. The van der Waals surface area contributed by atoms with Crippen molar-refractivity contribution in [2.24, 2.45) is 5.92 Å². The fourth-order valence-corrected chi connectivity index (χ4v) is 2.65. The molecule has 0 saturated heterocycles. The molecule has 0 unspecified atom stereocenters. The number of hydrogen-bond donors (Lipinski definition) is 2. The molecule has 21 heavy (non-hydrogen) atoms. The monoisotopic (exact) mass is 296 g/mol. The van der Waals surface area contributed by atoms with Crippen molar-refractivity contribution >= 4 is 11.7 Å². The highest BCUT2D eigenvalue weighted by Gasteiger charge is 2.25. The standard InChI is InChI=1S/C14H17FN2O4/c15-11-5-9(6-13(7-11)17(20)21)8-16-12-3-1-10(2-4-12)14(18)19/h5-7,10,12,16H,1-4,8H2,(H,18,19). The van der Waals surface area contributed by atoms with Gasteiger partial charge in [-0.2, -0.15) is 0 Å². The third kappa shape index (κ3) is 4.22. The molecule has 1 aliphatic rings. The van der Waals surface area contributed by atoms with Crippen LogP contribution >= 0.6 is 0 Å². The van der Waals surface area contributed by atoms with Gasteiger partial charge in [-0.05, 0) is 37.3 Å². The lowest BCUT2D eigenvalue weighted by Gasteiger charge is -2.27. The Kier molecular flexibility index (Phi) is 4.85. The number of nitrogens with zero attached hydrogens (tertiary/aromatic N) is 1. The molecule has 0 spiro atoms. The smallest absolute Gasteiger partial charge is 0.306 e. The molecule has 7 heteroatoms. The SMILES string of the molecule is O=C(O)C1CCC(NCc2cc(F)cc([N+](=O)[O-])c2)CC1. The fraction of sp³-hybridized carbons (Fsp3) is 0.500. The molecule has 2 rings (SSSR count). The maximum Gasteiger partial charge on any atom is 0.306 e. The van der Waals surface area contributed by atoms with E-state index >= 15 is 0 Å². The van der Waals surface area contributed by atoms with Crippen LogP contribution in [0.3, 0.4) is 0 Å². The second-order valence-corrected chi connectivity index (χ2v) is 5.34. The van der Waals surface area contributed by atoms with Crippen LogP contribution in [0, 0.1) is 21.8 Å². The summed E-state index contributed by atoms with van der Waals surface area (Å²) in [4.78, 5) is 20.9. The van der Waals surface area contributed by atoms with E-state index in [1.165, 1.54) is 12.1 Å². The van der Waals surface area contributed by atoms with Gasteiger partial charge in [0, 0.05) is 18.7 Å². The summed E-state index contributed by atoms with van der Waals surface area (Å²) < 4.78 is 13.3. The third-order valence-electron chi connectivity index (χ3n) is 3.82. The number of carboxylic acid groups (broad SMARTS) is 1. The molecule has 0 bridgehead atoms. The summed E-state index contributed by atoms with van der Waals surface area (Å²) in [6, 6.07) is 3.67. The Labute approximate surface area is 121 Å². The van der Waals surface area contributed by atoms with Crippen LogP contribution in [0.15, 0.2) is 18.2 Å². The first-order chi connectivity index (χ1) is 9.95. The summed E-state index contributed by atoms with van der Waals surface area (Å²) in [6.07, 6.45) is 2.73. The van der Waals surface area contributed by atoms with Gasteiger partial charge in [0.25, 0.3) is 5.69 Å². The van der Waals surface area contributed by atoms with Crippen molar-refractivity contribution in [3.8, 4) is 0 Å². The first kappa shape index (κ1) is 15.4. The number of rotatable bonds is 5. The van der Waals surface area contributed by atoms with E-state index in [0.717, 1.165) is 18.9 Å². The Hall–Kier alpha value is -2.02. The van der Waals surface area contributed by atoms with Gasteiger partial charge in [0.05, 0.1) is 16.9 Å². The highest BCUT2D eigenvalue weighted by atomic mass is 19.1. The van der Waals surface area contributed by atoms with Crippen molar-refractivity contribution in [2.45, 2.75) is 38.3 Å². The molecular formula is C14H17FN2O4. The van der Waals surface area contributed by atoms with Crippen molar-refractivity contribution in [1.82, 2.24) is 5.32 Å². The van der Waals surface area contributed by atoms with Crippen LogP contribution in [0.5, 0.6) is 0 Å². The number of nitro benzene ring substituents is 1. The number of non-ortho nitro benzene ring substituents is 1. The summed E-state index contributed by atoms with van der Waals surface area (Å²) in [5.74, 6) is -1.66. The number of carboxylic acids is 1. The molecule has 0 atom stereocenters. The van der Waals surface area contributed by atoms with Crippen LogP contribution in [0.2, 0.25) is 0 Å². The van der Waals surface area contributed by atoms with Crippen molar-refractivity contribution in [1.29, 1.82) is 0 Å². The summed E-state index contributed by atoms with van der Waals surface area (Å²) >= 11 is 0. The van der Waals surface area contributed by atoms with Gasteiger partial charge in [-0.25, -0.2) is 4.39 Å². The Morgan fingerprint density at radius 1 is 1.33 bits per heavy atom. The normalized spacial score (nSPS) is 22.0. The van der Waals surface area contributed by atoms with Gasteiger partial charge in [-0.1, -0.05) is 0 Å². The van der Waals surface area contributed by atoms with Crippen LogP contribution in [0.1, 0.15) is 31.2 Å². The molecule has 0 amide bonds. The Balaban J connectivity index is 1.89. The van der Waals surface area contributed by atoms with Gasteiger partial charge in [-0.3, -0.25) is 14.9 Å². The van der Waals surface area contributed by atoms with E-state index in [-0.39, 0.29) is 17.6 Å². The zero-order valence-corrected chi connectivity index (χ0v) is 11.4. The van der Waals surface area contributed by atoms with E-state index in [2.05, 4.69) is 5.32 Å². The van der Waals surface area contributed by atoms with Crippen LogP contribution in [0.4, 0.5) is 10.1 Å². The van der Waals surface area contributed by atoms with Gasteiger partial charge in [0.1, 0.15) is 5.82 Å². The summed E-state index contributed by atoms with van der Waals surface area (Å²) in [5, 5.41) is 22.8. The van der Waals surface area contributed by atoms with Gasteiger partial charge in [-0.15, -0.1) is 0 Å². The lowest BCUT2D eigenvalue weighted by atomic mass is 9.86. The molecule has 1 saturated carbocycles. The van der Waals surface area contributed by atoms with Crippen molar-refractivity contribution in [2.75, 3.05) is 0 Å². The molecular weight excluding hydrogens is 279 g/mol. The second kappa shape index (κ2) is 6.62. The van der Waals surface area contributed by atoms with Crippen LogP contribution in [-0.4, -0.2) is 22.0 Å². The zero-order valence-electron chi connectivity index (χ0n) is 11.4. The van der Waals surface area contributed by atoms with E-state index in [0.29, 0.717) is 24.9 Å².